The van der Waals surface area contributed by atoms with Crippen molar-refractivity contribution in [3.63, 3.8) is 0 Å². The van der Waals surface area contributed by atoms with Crippen LogP contribution in [-0.2, 0) is 4.74 Å². The van der Waals surface area contributed by atoms with Crippen molar-refractivity contribution in [2.75, 3.05) is 14.2 Å². The lowest BCUT2D eigenvalue weighted by molar-refractivity contribution is 0.0844. The van der Waals surface area contributed by atoms with E-state index in [-0.39, 0.29) is 6.10 Å². The Hall–Kier alpha value is -0.450. The lowest BCUT2D eigenvalue weighted by Crippen LogP contribution is -2.10. The maximum atomic E-state index is 5.51. The topological polar surface area (TPSA) is 34.2 Å². The SMILES string of the molecule is CNC(C)c1cnc(C(OC)C2CC2)s1. The molecule has 1 aliphatic carbocycles. The van der Waals surface area contributed by atoms with Crippen molar-refractivity contribution < 1.29 is 4.74 Å². The molecule has 0 radical (unpaired) electrons. The molecule has 2 rings (SSSR count). The standard InChI is InChI=1S/C11H18N2OS/c1-7(12-2)9-6-13-11(15-9)10(14-3)8-4-5-8/h6-8,10,12H,4-5H2,1-3H3. The van der Waals surface area contributed by atoms with Crippen LogP contribution in [0.5, 0.6) is 0 Å². The second-order valence-electron chi connectivity index (χ2n) is 4.10. The fourth-order valence-electron chi connectivity index (χ4n) is 1.67. The van der Waals surface area contributed by atoms with E-state index in [4.69, 9.17) is 4.74 Å². The summed E-state index contributed by atoms with van der Waals surface area (Å²) in [5.74, 6) is 0.707. The molecule has 3 nitrogen and oxygen atoms in total. The van der Waals surface area contributed by atoms with Gasteiger partial charge in [-0.3, -0.25) is 0 Å². The number of ether oxygens (including phenoxy) is 1. The van der Waals surface area contributed by atoms with Gasteiger partial charge in [0.15, 0.2) is 0 Å². The first kappa shape index (κ1) is 11.0. The summed E-state index contributed by atoms with van der Waals surface area (Å²) in [6.45, 7) is 2.15. The molecule has 4 heteroatoms. The third kappa shape index (κ3) is 2.38. The number of rotatable bonds is 5. The van der Waals surface area contributed by atoms with Gasteiger partial charge in [0.25, 0.3) is 0 Å². The van der Waals surface area contributed by atoms with E-state index in [1.807, 2.05) is 13.2 Å². The fourth-order valence-corrected chi connectivity index (χ4v) is 2.82. The summed E-state index contributed by atoms with van der Waals surface area (Å²) in [4.78, 5) is 5.76. The molecule has 0 amide bonds. The molecule has 0 saturated heterocycles. The van der Waals surface area contributed by atoms with Crippen LogP contribution in [0, 0.1) is 5.92 Å². The molecule has 0 aliphatic heterocycles. The third-order valence-corrected chi connectivity index (χ3v) is 4.19. The summed E-state index contributed by atoms with van der Waals surface area (Å²) in [7, 11) is 3.75. The van der Waals surface area contributed by atoms with Crippen LogP contribution in [0.2, 0.25) is 0 Å². The van der Waals surface area contributed by atoms with Gasteiger partial charge >= 0.3 is 0 Å². The number of hydrogen-bond donors (Lipinski definition) is 1. The van der Waals surface area contributed by atoms with Gasteiger partial charge in [-0.2, -0.15) is 0 Å². The van der Waals surface area contributed by atoms with Crippen molar-refractivity contribution in [1.29, 1.82) is 0 Å². The van der Waals surface area contributed by atoms with Crippen LogP contribution in [0.4, 0.5) is 0 Å². The average molecular weight is 226 g/mol. The molecule has 1 aliphatic rings. The van der Waals surface area contributed by atoms with Crippen molar-refractivity contribution in [2.45, 2.75) is 31.9 Å². The van der Waals surface area contributed by atoms with E-state index in [0.29, 0.717) is 12.0 Å². The minimum atomic E-state index is 0.229. The number of methoxy groups -OCH3 is 1. The minimum Gasteiger partial charge on any atom is -0.374 e. The van der Waals surface area contributed by atoms with E-state index < -0.39 is 0 Å². The quantitative estimate of drug-likeness (QED) is 0.837. The van der Waals surface area contributed by atoms with Crippen LogP contribution >= 0.6 is 11.3 Å². The predicted molar refractivity (Wildman–Crippen MR) is 62.1 cm³/mol. The van der Waals surface area contributed by atoms with Crippen molar-refractivity contribution in [3.8, 4) is 0 Å². The van der Waals surface area contributed by atoms with Gasteiger partial charge in [0.2, 0.25) is 0 Å². The molecule has 2 unspecified atom stereocenters. The van der Waals surface area contributed by atoms with Crippen LogP contribution in [0.3, 0.4) is 0 Å². The van der Waals surface area contributed by atoms with Crippen LogP contribution in [0.15, 0.2) is 6.20 Å². The summed E-state index contributed by atoms with van der Waals surface area (Å²) < 4.78 is 5.51. The highest BCUT2D eigenvalue weighted by Crippen LogP contribution is 2.44. The lowest BCUT2D eigenvalue weighted by atomic mass is 10.2. The Morgan fingerprint density at radius 3 is 2.87 bits per heavy atom. The van der Waals surface area contributed by atoms with E-state index >= 15 is 0 Å². The number of hydrogen-bond acceptors (Lipinski definition) is 4. The van der Waals surface area contributed by atoms with Crippen molar-refractivity contribution in [1.82, 2.24) is 10.3 Å². The molecule has 0 aromatic carbocycles. The Kier molecular flexibility index (Phi) is 3.38. The van der Waals surface area contributed by atoms with E-state index in [1.54, 1.807) is 18.4 Å². The first-order chi connectivity index (χ1) is 7.26. The summed E-state index contributed by atoms with van der Waals surface area (Å²) in [6, 6.07) is 0.382. The van der Waals surface area contributed by atoms with Gasteiger partial charge in [0, 0.05) is 24.2 Å². The largest absolute Gasteiger partial charge is 0.374 e. The first-order valence-corrected chi connectivity index (χ1v) is 6.23. The number of nitrogens with one attached hydrogen (secondary N) is 1. The molecule has 15 heavy (non-hydrogen) atoms. The fraction of sp³-hybridized carbons (Fsp3) is 0.727. The zero-order valence-electron chi connectivity index (χ0n) is 9.49. The van der Waals surface area contributed by atoms with Crippen molar-refractivity contribution in [2.24, 2.45) is 5.92 Å². The number of nitrogens with zero attached hydrogens (tertiary/aromatic N) is 1. The molecule has 1 aromatic rings. The highest BCUT2D eigenvalue weighted by Gasteiger charge is 2.34. The Morgan fingerprint density at radius 1 is 1.60 bits per heavy atom. The predicted octanol–water partition coefficient (Wildman–Crippen LogP) is 2.52. The molecule has 1 saturated carbocycles. The smallest absolute Gasteiger partial charge is 0.122 e. The second kappa shape index (κ2) is 4.60. The summed E-state index contributed by atoms with van der Waals surface area (Å²) in [5, 5.41) is 4.36. The van der Waals surface area contributed by atoms with E-state index in [1.165, 1.54) is 17.7 Å². The molecular formula is C11H18N2OS. The van der Waals surface area contributed by atoms with Crippen LogP contribution in [0.1, 0.15) is 41.8 Å². The monoisotopic (exact) mass is 226 g/mol. The van der Waals surface area contributed by atoms with Gasteiger partial charge in [-0.05, 0) is 32.7 Å². The van der Waals surface area contributed by atoms with Gasteiger partial charge in [0.05, 0.1) is 0 Å². The zero-order chi connectivity index (χ0) is 10.8. The number of aromatic nitrogens is 1. The highest BCUT2D eigenvalue weighted by molar-refractivity contribution is 7.11. The molecule has 1 aromatic heterocycles. The maximum Gasteiger partial charge on any atom is 0.122 e. The van der Waals surface area contributed by atoms with Crippen molar-refractivity contribution in [3.05, 3.63) is 16.1 Å². The van der Waals surface area contributed by atoms with E-state index in [2.05, 4.69) is 17.2 Å². The normalized spacial score (nSPS) is 20.2. The Balaban J connectivity index is 2.10. The van der Waals surface area contributed by atoms with Gasteiger partial charge in [-0.1, -0.05) is 0 Å². The van der Waals surface area contributed by atoms with Gasteiger partial charge in [-0.15, -0.1) is 11.3 Å². The second-order valence-corrected chi connectivity index (χ2v) is 5.20. The van der Waals surface area contributed by atoms with Crippen molar-refractivity contribution >= 4 is 11.3 Å². The molecule has 1 N–H and O–H groups in total. The lowest BCUT2D eigenvalue weighted by Gasteiger charge is -2.10. The molecule has 84 valence electrons. The average Bonchev–Trinajstić information content (AvgIpc) is 2.96. The van der Waals surface area contributed by atoms with Gasteiger partial charge in [0.1, 0.15) is 11.1 Å². The molecule has 2 atom stereocenters. The molecule has 1 fully saturated rings. The zero-order valence-corrected chi connectivity index (χ0v) is 10.3. The molecule has 0 spiro atoms. The van der Waals surface area contributed by atoms with Crippen LogP contribution < -0.4 is 5.32 Å². The van der Waals surface area contributed by atoms with Crippen LogP contribution in [-0.4, -0.2) is 19.1 Å². The number of thiazole rings is 1. The summed E-state index contributed by atoms with van der Waals surface area (Å²) >= 11 is 1.77. The van der Waals surface area contributed by atoms with Gasteiger partial charge < -0.3 is 10.1 Å². The Labute approximate surface area is 94.9 Å². The molecule has 0 bridgehead atoms. The summed E-state index contributed by atoms with van der Waals surface area (Å²) in [6.07, 6.45) is 4.77. The maximum absolute atomic E-state index is 5.51. The highest BCUT2D eigenvalue weighted by atomic mass is 32.1. The third-order valence-electron chi connectivity index (χ3n) is 2.95. The van der Waals surface area contributed by atoms with Crippen LogP contribution in [0.25, 0.3) is 0 Å². The van der Waals surface area contributed by atoms with Gasteiger partial charge in [-0.25, -0.2) is 4.98 Å². The first-order valence-electron chi connectivity index (χ1n) is 5.42. The van der Waals surface area contributed by atoms with E-state index in [0.717, 1.165) is 5.01 Å². The Morgan fingerprint density at radius 2 is 2.33 bits per heavy atom. The van der Waals surface area contributed by atoms with E-state index in [9.17, 15) is 0 Å². The Bertz CT molecular complexity index is 322. The minimum absolute atomic E-state index is 0.229. The molecular weight excluding hydrogens is 208 g/mol. The molecule has 1 heterocycles. The summed E-state index contributed by atoms with van der Waals surface area (Å²) in [5.41, 5.74) is 0.